The van der Waals surface area contributed by atoms with Gasteiger partial charge in [-0.2, -0.15) is 0 Å². The van der Waals surface area contributed by atoms with Crippen LogP contribution in [-0.4, -0.2) is 28.4 Å². The molecule has 0 radical (unpaired) electrons. The van der Waals surface area contributed by atoms with Crippen molar-refractivity contribution in [2.24, 2.45) is 0 Å². The second kappa shape index (κ2) is 10.6. The number of carbonyl (C=O) groups is 2. The molecular formula is C25H21BrClNO4S. The number of hydrogen-bond donors (Lipinski definition) is 0. The Labute approximate surface area is 210 Å². The maximum atomic E-state index is 12.9. The SMILES string of the molecule is COc1cc(C[C@H]2SC(=O)N(Cc3ccc(Cl)cc3)C2=O)cc(Br)c1OCc1ccccc1. The number of ether oxygens (including phenoxy) is 2. The Balaban J connectivity index is 1.45. The van der Waals surface area contributed by atoms with Gasteiger partial charge in [-0.1, -0.05) is 65.8 Å². The Hall–Kier alpha value is -2.48. The van der Waals surface area contributed by atoms with Crippen molar-refractivity contribution >= 4 is 50.4 Å². The molecule has 0 spiro atoms. The van der Waals surface area contributed by atoms with Gasteiger partial charge in [0.25, 0.3) is 5.24 Å². The second-order valence-electron chi connectivity index (χ2n) is 7.51. The highest BCUT2D eigenvalue weighted by Gasteiger charge is 2.39. The molecule has 3 aromatic carbocycles. The van der Waals surface area contributed by atoms with Crippen molar-refractivity contribution in [3.8, 4) is 11.5 Å². The number of hydrogen-bond acceptors (Lipinski definition) is 5. The lowest BCUT2D eigenvalue weighted by molar-refractivity contribution is -0.127. The lowest BCUT2D eigenvalue weighted by Crippen LogP contribution is -2.31. The van der Waals surface area contributed by atoms with Crippen LogP contribution in [0, 0.1) is 0 Å². The smallest absolute Gasteiger partial charge is 0.289 e. The van der Waals surface area contributed by atoms with Gasteiger partial charge in [-0.15, -0.1) is 0 Å². The van der Waals surface area contributed by atoms with Crippen LogP contribution in [0.15, 0.2) is 71.2 Å². The van der Waals surface area contributed by atoms with Crippen LogP contribution in [0.25, 0.3) is 0 Å². The van der Waals surface area contributed by atoms with E-state index in [1.165, 1.54) is 4.90 Å². The molecule has 4 rings (SSSR count). The lowest BCUT2D eigenvalue weighted by atomic mass is 10.1. The summed E-state index contributed by atoms with van der Waals surface area (Å²) in [6.07, 6.45) is 0.403. The van der Waals surface area contributed by atoms with E-state index in [-0.39, 0.29) is 17.7 Å². The van der Waals surface area contributed by atoms with Gasteiger partial charge >= 0.3 is 0 Å². The topological polar surface area (TPSA) is 55.8 Å². The lowest BCUT2D eigenvalue weighted by Gasteiger charge is -2.16. The first-order valence-corrected chi connectivity index (χ1v) is 12.3. The molecule has 0 saturated carbocycles. The minimum Gasteiger partial charge on any atom is -0.493 e. The Morgan fingerprint density at radius 2 is 1.73 bits per heavy atom. The van der Waals surface area contributed by atoms with E-state index < -0.39 is 5.25 Å². The number of nitrogens with zero attached hydrogens (tertiary/aromatic N) is 1. The molecule has 0 aliphatic carbocycles. The molecule has 0 unspecified atom stereocenters. The number of carbonyl (C=O) groups excluding carboxylic acids is 2. The molecule has 1 aliphatic heterocycles. The van der Waals surface area contributed by atoms with E-state index in [9.17, 15) is 9.59 Å². The van der Waals surface area contributed by atoms with E-state index in [1.54, 1.807) is 19.2 Å². The van der Waals surface area contributed by atoms with Gasteiger partial charge in [0.15, 0.2) is 11.5 Å². The van der Waals surface area contributed by atoms with Crippen LogP contribution in [0.5, 0.6) is 11.5 Å². The van der Waals surface area contributed by atoms with Crippen molar-refractivity contribution in [1.29, 1.82) is 0 Å². The maximum Gasteiger partial charge on any atom is 0.289 e. The Kier molecular flexibility index (Phi) is 7.63. The van der Waals surface area contributed by atoms with Crippen molar-refractivity contribution in [3.05, 3.63) is 92.9 Å². The number of rotatable bonds is 8. The quantitative estimate of drug-likeness (QED) is 0.323. The van der Waals surface area contributed by atoms with Crippen LogP contribution in [0.2, 0.25) is 5.02 Å². The summed E-state index contributed by atoms with van der Waals surface area (Å²) >= 11 is 10.5. The summed E-state index contributed by atoms with van der Waals surface area (Å²) in [4.78, 5) is 26.8. The van der Waals surface area contributed by atoms with Gasteiger partial charge in [0, 0.05) is 5.02 Å². The Morgan fingerprint density at radius 1 is 1.00 bits per heavy atom. The number of methoxy groups -OCH3 is 1. The zero-order valence-corrected chi connectivity index (χ0v) is 21.0. The Morgan fingerprint density at radius 3 is 2.42 bits per heavy atom. The van der Waals surface area contributed by atoms with Crippen molar-refractivity contribution in [2.75, 3.05) is 7.11 Å². The minimum absolute atomic E-state index is 0.195. The number of benzene rings is 3. The van der Waals surface area contributed by atoms with Gasteiger partial charge in [0.1, 0.15) is 6.61 Å². The summed E-state index contributed by atoms with van der Waals surface area (Å²) in [6, 6.07) is 20.7. The van der Waals surface area contributed by atoms with E-state index in [0.717, 1.165) is 32.9 Å². The molecule has 1 fully saturated rings. The van der Waals surface area contributed by atoms with E-state index >= 15 is 0 Å². The Bertz CT molecular complexity index is 1160. The third kappa shape index (κ3) is 5.72. The highest BCUT2D eigenvalue weighted by molar-refractivity contribution is 9.10. The molecule has 0 bridgehead atoms. The average Bonchev–Trinajstić information content (AvgIpc) is 3.07. The van der Waals surface area contributed by atoms with Gasteiger partial charge in [-0.05, 0) is 63.3 Å². The molecule has 1 saturated heterocycles. The van der Waals surface area contributed by atoms with Crippen LogP contribution in [0.4, 0.5) is 4.79 Å². The standard InChI is InChI=1S/C25H21BrClNO4S/c1-31-21-12-18(11-20(26)23(21)32-15-17-5-3-2-4-6-17)13-22-24(29)28(25(30)33-22)14-16-7-9-19(27)10-8-16/h2-12,22H,13-15H2,1H3/t22-/m1/s1. The third-order valence-corrected chi connectivity index (χ3v) is 7.11. The predicted octanol–water partition coefficient (Wildman–Crippen LogP) is 6.50. The fourth-order valence-electron chi connectivity index (χ4n) is 3.52. The van der Waals surface area contributed by atoms with E-state index in [1.807, 2.05) is 54.6 Å². The van der Waals surface area contributed by atoms with Crippen LogP contribution in [0.3, 0.4) is 0 Å². The summed E-state index contributed by atoms with van der Waals surface area (Å²) in [7, 11) is 1.58. The zero-order valence-electron chi connectivity index (χ0n) is 17.8. The number of amides is 2. The van der Waals surface area contributed by atoms with Crippen molar-refractivity contribution in [1.82, 2.24) is 4.90 Å². The molecule has 0 N–H and O–H groups in total. The number of imide groups is 1. The first kappa shape index (κ1) is 23.7. The van der Waals surface area contributed by atoms with Gasteiger partial charge in [-0.3, -0.25) is 14.5 Å². The summed E-state index contributed by atoms with van der Waals surface area (Å²) in [6.45, 7) is 0.637. The number of thioether (sulfide) groups is 1. The third-order valence-electron chi connectivity index (χ3n) is 5.20. The molecular weight excluding hydrogens is 526 g/mol. The highest BCUT2D eigenvalue weighted by Crippen LogP contribution is 2.39. The second-order valence-corrected chi connectivity index (χ2v) is 9.96. The van der Waals surface area contributed by atoms with E-state index in [0.29, 0.717) is 29.5 Å². The maximum absolute atomic E-state index is 12.9. The fourth-order valence-corrected chi connectivity index (χ4v) is 5.28. The molecule has 3 aromatic rings. The molecule has 33 heavy (non-hydrogen) atoms. The van der Waals surface area contributed by atoms with E-state index in [4.69, 9.17) is 21.1 Å². The van der Waals surface area contributed by atoms with E-state index in [2.05, 4.69) is 15.9 Å². The molecule has 5 nitrogen and oxygen atoms in total. The monoisotopic (exact) mass is 545 g/mol. The molecule has 170 valence electrons. The van der Waals surface area contributed by atoms with Crippen LogP contribution in [-0.2, 0) is 24.4 Å². The minimum atomic E-state index is -0.488. The molecule has 0 aromatic heterocycles. The van der Waals surface area contributed by atoms with Crippen molar-refractivity contribution < 1.29 is 19.1 Å². The normalized spacial score (nSPS) is 15.7. The van der Waals surface area contributed by atoms with Crippen LogP contribution >= 0.6 is 39.3 Å². The average molecular weight is 547 g/mol. The summed E-state index contributed by atoms with van der Waals surface area (Å²) < 4.78 is 12.3. The van der Waals surface area contributed by atoms with Crippen LogP contribution < -0.4 is 9.47 Å². The van der Waals surface area contributed by atoms with Crippen molar-refractivity contribution in [2.45, 2.75) is 24.8 Å². The van der Waals surface area contributed by atoms with Gasteiger partial charge in [0.2, 0.25) is 5.91 Å². The highest BCUT2D eigenvalue weighted by atomic mass is 79.9. The van der Waals surface area contributed by atoms with Gasteiger partial charge in [-0.25, -0.2) is 0 Å². The molecule has 8 heteroatoms. The molecule has 2 amide bonds. The van der Waals surface area contributed by atoms with Gasteiger partial charge in [0.05, 0.1) is 23.4 Å². The summed E-state index contributed by atoms with van der Waals surface area (Å²) in [5.74, 6) is 0.963. The summed E-state index contributed by atoms with van der Waals surface area (Å²) in [5.41, 5.74) is 2.77. The predicted molar refractivity (Wildman–Crippen MR) is 134 cm³/mol. The van der Waals surface area contributed by atoms with Crippen LogP contribution in [0.1, 0.15) is 16.7 Å². The zero-order chi connectivity index (χ0) is 23.4. The first-order chi connectivity index (χ1) is 15.9. The molecule has 1 aliphatic rings. The molecule has 1 atom stereocenters. The fraction of sp³-hybridized carbons (Fsp3) is 0.200. The largest absolute Gasteiger partial charge is 0.493 e. The summed E-state index contributed by atoms with van der Waals surface area (Å²) in [5, 5.41) is -0.118. The molecule has 1 heterocycles. The van der Waals surface area contributed by atoms with Crippen molar-refractivity contribution in [3.63, 3.8) is 0 Å². The van der Waals surface area contributed by atoms with Gasteiger partial charge < -0.3 is 9.47 Å². The number of halogens is 2. The first-order valence-electron chi connectivity index (χ1n) is 10.2.